The number of halogens is 1. The summed E-state index contributed by atoms with van der Waals surface area (Å²) in [6, 6.07) is 13.9. The Labute approximate surface area is 179 Å². The molecule has 2 N–H and O–H groups in total. The van der Waals surface area contributed by atoms with Gasteiger partial charge in [0.05, 0.1) is 28.3 Å². The fourth-order valence-corrected chi connectivity index (χ4v) is 3.90. The maximum Gasteiger partial charge on any atom is 0.234 e. The Balaban J connectivity index is 1.37. The predicted molar refractivity (Wildman–Crippen MR) is 117 cm³/mol. The summed E-state index contributed by atoms with van der Waals surface area (Å²) in [7, 11) is 0. The second-order valence-corrected chi connectivity index (χ2v) is 8.00. The first-order chi connectivity index (χ1) is 14.5. The molecule has 0 aliphatic carbocycles. The minimum atomic E-state index is -0.309. The Morgan fingerprint density at radius 3 is 2.43 bits per heavy atom. The van der Waals surface area contributed by atoms with Gasteiger partial charge in [-0.1, -0.05) is 31.2 Å². The molecule has 3 aromatic rings. The van der Waals surface area contributed by atoms with Crippen molar-refractivity contribution in [1.82, 2.24) is 20.5 Å². The molecule has 0 saturated carbocycles. The monoisotopic (exact) mass is 428 g/mol. The number of para-hydroxylation sites is 1. The number of aromatic nitrogens is 1. The number of nitrogens with one attached hydrogen (secondary N) is 2. The van der Waals surface area contributed by atoms with E-state index in [1.165, 1.54) is 12.1 Å². The van der Waals surface area contributed by atoms with E-state index < -0.39 is 0 Å². The molecule has 0 saturated heterocycles. The number of carbonyl (C=O) groups excluding carboxylic acids is 2. The molecule has 158 valence electrons. The summed E-state index contributed by atoms with van der Waals surface area (Å²) in [5, 5.41) is 6.68. The molecule has 0 atom stereocenters. The van der Waals surface area contributed by atoms with Gasteiger partial charge < -0.3 is 10.6 Å². The van der Waals surface area contributed by atoms with E-state index in [1.807, 2.05) is 31.2 Å². The summed E-state index contributed by atoms with van der Waals surface area (Å²) in [5.41, 5.74) is 1.80. The van der Waals surface area contributed by atoms with Gasteiger partial charge in [-0.2, -0.15) is 0 Å². The Morgan fingerprint density at radius 2 is 1.73 bits per heavy atom. The Kier molecular flexibility index (Phi) is 7.87. The lowest BCUT2D eigenvalue weighted by molar-refractivity contribution is -0.125. The molecule has 1 heterocycles. The van der Waals surface area contributed by atoms with Crippen LogP contribution in [0.15, 0.2) is 48.5 Å². The van der Waals surface area contributed by atoms with Gasteiger partial charge in [-0.3, -0.25) is 14.5 Å². The number of nitrogens with zero attached hydrogens (tertiary/aromatic N) is 2. The number of thiazole rings is 1. The summed E-state index contributed by atoms with van der Waals surface area (Å²) in [6.07, 6.45) is 0.676. The number of hydrogen-bond donors (Lipinski definition) is 2. The first-order valence-corrected chi connectivity index (χ1v) is 10.7. The van der Waals surface area contributed by atoms with E-state index in [-0.39, 0.29) is 30.7 Å². The molecular formula is C22H25FN4O2S. The van der Waals surface area contributed by atoms with E-state index in [2.05, 4.69) is 15.6 Å². The predicted octanol–water partition coefficient (Wildman–Crippen LogP) is 2.73. The van der Waals surface area contributed by atoms with Crippen molar-refractivity contribution in [3.63, 3.8) is 0 Å². The molecule has 1 aromatic heterocycles. The zero-order valence-corrected chi connectivity index (χ0v) is 17.7. The average Bonchev–Trinajstić information content (AvgIpc) is 3.15. The van der Waals surface area contributed by atoms with Crippen molar-refractivity contribution in [2.75, 3.05) is 26.2 Å². The van der Waals surface area contributed by atoms with E-state index >= 15 is 0 Å². The van der Waals surface area contributed by atoms with Crippen molar-refractivity contribution in [3.05, 3.63) is 64.9 Å². The third-order valence-electron chi connectivity index (χ3n) is 4.58. The molecule has 0 radical (unpaired) electrons. The number of fused-ring (bicyclic) bond motifs is 1. The zero-order chi connectivity index (χ0) is 21.3. The summed E-state index contributed by atoms with van der Waals surface area (Å²) in [4.78, 5) is 30.7. The van der Waals surface area contributed by atoms with Gasteiger partial charge in [0.1, 0.15) is 5.82 Å². The van der Waals surface area contributed by atoms with Crippen molar-refractivity contribution >= 4 is 33.4 Å². The van der Waals surface area contributed by atoms with Crippen LogP contribution in [0, 0.1) is 5.82 Å². The zero-order valence-electron chi connectivity index (χ0n) is 16.9. The number of hydrogen-bond acceptors (Lipinski definition) is 5. The van der Waals surface area contributed by atoms with Crippen LogP contribution in [0.3, 0.4) is 0 Å². The summed E-state index contributed by atoms with van der Waals surface area (Å²) in [6.45, 7) is 3.60. The fourth-order valence-electron chi connectivity index (χ4n) is 2.94. The molecule has 2 aromatic carbocycles. The fraction of sp³-hybridized carbons (Fsp3) is 0.318. The molecule has 0 fully saturated rings. The third kappa shape index (κ3) is 6.60. The van der Waals surface area contributed by atoms with Crippen molar-refractivity contribution in [2.45, 2.75) is 19.9 Å². The smallest absolute Gasteiger partial charge is 0.234 e. The molecule has 8 heteroatoms. The van der Waals surface area contributed by atoms with Crippen LogP contribution in [0.1, 0.15) is 17.5 Å². The van der Waals surface area contributed by atoms with Crippen LogP contribution in [-0.2, 0) is 22.6 Å². The van der Waals surface area contributed by atoms with Crippen LogP contribution in [0.2, 0.25) is 0 Å². The van der Waals surface area contributed by atoms with Crippen molar-refractivity contribution in [3.8, 4) is 0 Å². The lowest BCUT2D eigenvalue weighted by atomic mass is 10.2. The largest absolute Gasteiger partial charge is 0.355 e. The molecule has 3 rings (SSSR count). The maximum atomic E-state index is 12.9. The van der Waals surface area contributed by atoms with Gasteiger partial charge in [-0.05, 0) is 36.4 Å². The van der Waals surface area contributed by atoms with E-state index in [0.29, 0.717) is 26.1 Å². The number of likely N-dealkylation sites (N-methyl/N-ethyl adjacent to an activating group) is 1. The number of rotatable bonds is 10. The Morgan fingerprint density at radius 1 is 1.03 bits per heavy atom. The third-order valence-corrected chi connectivity index (χ3v) is 5.68. The second kappa shape index (κ2) is 10.8. The molecule has 0 bridgehead atoms. The van der Waals surface area contributed by atoms with E-state index in [0.717, 1.165) is 20.8 Å². The van der Waals surface area contributed by atoms with Gasteiger partial charge in [-0.15, -0.1) is 11.3 Å². The summed E-state index contributed by atoms with van der Waals surface area (Å²) >= 11 is 1.63. The van der Waals surface area contributed by atoms with E-state index in [4.69, 9.17) is 0 Å². The molecule has 0 aliphatic heterocycles. The molecule has 0 aliphatic rings. The van der Waals surface area contributed by atoms with Crippen molar-refractivity contribution in [1.29, 1.82) is 0 Å². The van der Waals surface area contributed by atoms with E-state index in [9.17, 15) is 14.0 Å². The van der Waals surface area contributed by atoms with Crippen LogP contribution in [-0.4, -0.2) is 47.9 Å². The number of amides is 2. The van der Waals surface area contributed by atoms with Gasteiger partial charge >= 0.3 is 0 Å². The lowest BCUT2D eigenvalue weighted by Crippen LogP contribution is -2.43. The van der Waals surface area contributed by atoms with Gasteiger partial charge in [0, 0.05) is 19.5 Å². The van der Waals surface area contributed by atoms with Crippen LogP contribution in [0.4, 0.5) is 4.39 Å². The standard InChI is InChI=1S/C22H25FN4O2S/c1-2-27(15-21(29)25-13-16-7-9-17(23)10-8-16)14-20(28)24-12-11-22-26-18-5-3-4-6-19(18)30-22/h3-10H,2,11-15H2,1H3,(H,24,28)(H,25,29). The van der Waals surface area contributed by atoms with Gasteiger partial charge in [0.2, 0.25) is 11.8 Å². The van der Waals surface area contributed by atoms with Crippen molar-refractivity contribution < 1.29 is 14.0 Å². The van der Waals surface area contributed by atoms with Gasteiger partial charge in [0.15, 0.2) is 0 Å². The number of benzene rings is 2. The Hall–Kier alpha value is -2.84. The summed E-state index contributed by atoms with van der Waals surface area (Å²) in [5.74, 6) is -0.607. The first-order valence-electron chi connectivity index (χ1n) is 9.88. The SMILES string of the molecule is CCN(CC(=O)NCCc1nc2ccccc2s1)CC(=O)NCc1ccc(F)cc1. The molecule has 30 heavy (non-hydrogen) atoms. The highest BCUT2D eigenvalue weighted by Crippen LogP contribution is 2.21. The molecule has 0 unspecified atom stereocenters. The van der Waals surface area contributed by atoms with Crippen LogP contribution < -0.4 is 10.6 Å². The average molecular weight is 429 g/mol. The highest BCUT2D eigenvalue weighted by atomic mass is 32.1. The van der Waals surface area contributed by atoms with Gasteiger partial charge in [-0.25, -0.2) is 9.37 Å². The van der Waals surface area contributed by atoms with E-state index in [1.54, 1.807) is 28.4 Å². The normalized spacial score (nSPS) is 11.0. The minimum absolute atomic E-state index is 0.121. The van der Waals surface area contributed by atoms with Crippen LogP contribution in [0.5, 0.6) is 0 Å². The highest BCUT2D eigenvalue weighted by molar-refractivity contribution is 7.18. The Bertz CT molecular complexity index is 957. The van der Waals surface area contributed by atoms with Crippen LogP contribution in [0.25, 0.3) is 10.2 Å². The maximum absolute atomic E-state index is 12.9. The van der Waals surface area contributed by atoms with Crippen LogP contribution >= 0.6 is 11.3 Å². The first kappa shape index (κ1) is 21.9. The summed E-state index contributed by atoms with van der Waals surface area (Å²) < 4.78 is 14.1. The molecule has 0 spiro atoms. The second-order valence-electron chi connectivity index (χ2n) is 6.88. The topological polar surface area (TPSA) is 74.3 Å². The quantitative estimate of drug-likeness (QED) is 0.521. The molecule has 6 nitrogen and oxygen atoms in total. The van der Waals surface area contributed by atoms with Crippen molar-refractivity contribution in [2.24, 2.45) is 0 Å². The molecule has 2 amide bonds. The molecular weight excluding hydrogens is 403 g/mol. The highest BCUT2D eigenvalue weighted by Gasteiger charge is 2.13. The van der Waals surface area contributed by atoms with Gasteiger partial charge in [0.25, 0.3) is 0 Å². The number of carbonyl (C=O) groups is 2. The minimum Gasteiger partial charge on any atom is -0.355 e. The lowest BCUT2D eigenvalue weighted by Gasteiger charge is -2.19.